The minimum Gasteiger partial charge on any atom is -0.495 e. The second-order valence-corrected chi connectivity index (χ2v) is 9.08. The van der Waals surface area contributed by atoms with Gasteiger partial charge in [-0.2, -0.15) is 0 Å². The molecular weight excluding hydrogens is 600 g/mol. The van der Waals surface area contributed by atoms with E-state index in [9.17, 15) is 14.4 Å². The Kier molecular flexibility index (Phi) is 11.5. The maximum atomic E-state index is 12.5. The van der Waals surface area contributed by atoms with Crippen LogP contribution in [0.1, 0.15) is 58.0 Å². The van der Waals surface area contributed by atoms with E-state index in [4.69, 9.17) is 23.7 Å². The lowest BCUT2D eigenvalue weighted by Gasteiger charge is -2.17. The van der Waals surface area contributed by atoms with Crippen LogP contribution in [-0.2, 0) is 19.0 Å². The fourth-order valence-corrected chi connectivity index (χ4v) is 4.81. The smallest absolute Gasteiger partial charge is 0.341 e. The number of benzene rings is 2. The molecule has 0 aliphatic rings. The number of ether oxygens (including phenoxy) is 5. The van der Waals surface area contributed by atoms with Gasteiger partial charge in [-0.3, -0.25) is 4.79 Å². The first-order chi connectivity index (χ1) is 17.2. The molecule has 0 aromatic heterocycles. The van der Waals surface area contributed by atoms with E-state index in [0.29, 0.717) is 56.6 Å². The van der Waals surface area contributed by atoms with E-state index in [-0.39, 0.29) is 23.5 Å². The van der Waals surface area contributed by atoms with Gasteiger partial charge in [0.2, 0.25) is 0 Å². The van der Waals surface area contributed by atoms with Gasteiger partial charge in [0.05, 0.1) is 44.0 Å². The monoisotopic (exact) mass is 626 g/mol. The van der Waals surface area contributed by atoms with Gasteiger partial charge >= 0.3 is 17.9 Å². The molecule has 0 aliphatic carbocycles. The Hall–Kier alpha value is -2.85. The minimum absolute atomic E-state index is 0.225. The van der Waals surface area contributed by atoms with Crippen molar-refractivity contribution in [1.29, 1.82) is 0 Å². The predicted octanol–water partition coefficient (Wildman–Crippen LogP) is 5.97. The molecule has 0 spiro atoms. The zero-order chi connectivity index (χ0) is 26.8. The standard InChI is InChI=1S/C26H28Br2O8/c1-6-36-22(29)10-8-7-9-17(15-11-18(25(30)34-4)23(32-2)20(27)13-15)16-12-19(26(31)35-5)24(33-3)21(28)14-16/h9,11-14H,6-8,10H2,1-5H3. The van der Waals surface area contributed by atoms with Gasteiger partial charge in [0.1, 0.15) is 22.6 Å². The molecule has 2 aromatic rings. The molecule has 0 bridgehead atoms. The first-order valence-corrected chi connectivity index (χ1v) is 12.6. The van der Waals surface area contributed by atoms with E-state index in [1.165, 1.54) is 28.4 Å². The Morgan fingerprint density at radius 2 is 1.28 bits per heavy atom. The van der Waals surface area contributed by atoms with Crippen molar-refractivity contribution >= 4 is 55.3 Å². The Bertz CT molecular complexity index is 1080. The van der Waals surface area contributed by atoms with Crippen LogP contribution in [0.15, 0.2) is 39.3 Å². The summed E-state index contributed by atoms with van der Waals surface area (Å²) in [6.45, 7) is 2.09. The third-order valence-corrected chi connectivity index (χ3v) is 6.34. The number of hydrogen-bond acceptors (Lipinski definition) is 8. The van der Waals surface area contributed by atoms with Crippen molar-refractivity contribution in [1.82, 2.24) is 0 Å². The zero-order valence-electron chi connectivity index (χ0n) is 20.7. The lowest BCUT2D eigenvalue weighted by Crippen LogP contribution is -2.07. The van der Waals surface area contributed by atoms with Gasteiger partial charge < -0.3 is 23.7 Å². The van der Waals surface area contributed by atoms with Crippen LogP contribution in [0.5, 0.6) is 11.5 Å². The van der Waals surface area contributed by atoms with Crippen LogP contribution in [0.2, 0.25) is 0 Å². The van der Waals surface area contributed by atoms with Gasteiger partial charge in [0.15, 0.2) is 0 Å². The van der Waals surface area contributed by atoms with E-state index in [2.05, 4.69) is 31.9 Å². The van der Waals surface area contributed by atoms with Crippen molar-refractivity contribution in [2.45, 2.75) is 26.2 Å². The SMILES string of the molecule is CCOC(=O)CCCC=C(c1cc(Br)c(OC)c(C(=O)OC)c1)c1cc(Br)c(OC)c(C(=O)OC)c1. The molecule has 194 valence electrons. The second kappa shape index (κ2) is 14.0. The van der Waals surface area contributed by atoms with Gasteiger partial charge in [-0.1, -0.05) is 6.08 Å². The highest BCUT2D eigenvalue weighted by atomic mass is 79.9. The molecule has 0 saturated carbocycles. The summed E-state index contributed by atoms with van der Waals surface area (Å²) in [4.78, 5) is 36.8. The predicted molar refractivity (Wildman–Crippen MR) is 142 cm³/mol. The molecule has 0 heterocycles. The Morgan fingerprint density at radius 1 is 0.806 bits per heavy atom. The number of halogens is 2. The van der Waals surface area contributed by atoms with Crippen molar-refractivity contribution in [3.8, 4) is 11.5 Å². The van der Waals surface area contributed by atoms with Gasteiger partial charge in [-0.15, -0.1) is 0 Å². The lowest BCUT2D eigenvalue weighted by atomic mass is 9.93. The number of rotatable bonds is 11. The van der Waals surface area contributed by atoms with Gasteiger partial charge in [-0.05, 0) is 92.6 Å². The summed E-state index contributed by atoms with van der Waals surface area (Å²) in [5.74, 6) is -0.742. The van der Waals surface area contributed by atoms with Gasteiger partial charge in [0.25, 0.3) is 0 Å². The van der Waals surface area contributed by atoms with Crippen LogP contribution < -0.4 is 9.47 Å². The van der Waals surface area contributed by atoms with Crippen LogP contribution >= 0.6 is 31.9 Å². The normalized spacial score (nSPS) is 10.3. The Labute approximate surface area is 227 Å². The molecule has 0 atom stereocenters. The summed E-state index contributed by atoms with van der Waals surface area (Å²) in [5.41, 5.74) is 2.48. The molecule has 0 aliphatic heterocycles. The van der Waals surface area contributed by atoms with E-state index in [1.807, 2.05) is 6.08 Å². The lowest BCUT2D eigenvalue weighted by molar-refractivity contribution is -0.143. The van der Waals surface area contributed by atoms with E-state index >= 15 is 0 Å². The van der Waals surface area contributed by atoms with Crippen LogP contribution in [0, 0.1) is 0 Å². The highest BCUT2D eigenvalue weighted by Crippen LogP contribution is 2.39. The summed E-state index contributed by atoms with van der Waals surface area (Å²) >= 11 is 6.95. The summed E-state index contributed by atoms with van der Waals surface area (Å²) < 4.78 is 26.8. The molecule has 0 unspecified atom stereocenters. The quantitative estimate of drug-likeness (QED) is 0.171. The third kappa shape index (κ3) is 7.10. The number of allylic oxidation sites excluding steroid dienone is 1. The number of unbranched alkanes of at least 4 members (excludes halogenated alkanes) is 1. The highest BCUT2D eigenvalue weighted by molar-refractivity contribution is 9.11. The molecular formula is C26H28Br2O8. The maximum absolute atomic E-state index is 12.5. The number of carbonyl (C=O) groups excluding carboxylic acids is 3. The first kappa shape index (κ1) is 29.4. The van der Waals surface area contributed by atoms with Crippen molar-refractivity contribution in [2.75, 3.05) is 35.0 Å². The van der Waals surface area contributed by atoms with E-state index < -0.39 is 11.9 Å². The van der Waals surface area contributed by atoms with Crippen LogP contribution in [0.3, 0.4) is 0 Å². The largest absolute Gasteiger partial charge is 0.495 e. The summed E-state index contributed by atoms with van der Waals surface area (Å²) in [5, 5.41) is 0. The molecule has 36 heavy (non-hydrogen) atoms. The molecule has 10 heteroatoms. The summed E-state index contributed by atoms with van der Waals surface area (Å²) in [7, 11) is 5.50. The topological polar surface area (TPSA) is 97.4 Å². The fourth-order valence-electron chi connectivity index (χ4n) is 3.56. The molecule has 0 saturated heterocycles. The Morgan fingerprint density at radius 3 is 1.67 bits per heavy atom. The Balaban J connectivity index is 2.69. The average Bonchev–Trinajstić information content (AvgIpc) is 2.86. The number of carbonyl (C=O) groups is 3. The molecule has 0 amide bonds. The number of hydrogen-bond donors (Lipinski definition) is 0. The zero-order valence-corrected chi connectivity index (χ0v) is 23.9. The molecule has 2 rings (SSSR count). The van der Waals surface area contributed by atoms with E-state index in [1.54, 1.807) is 31.2 Å². The summed E-state index contributed by atoms with van der Waals surface area (Å²) in [6.07, 6.45) is 3.27. The highest BCUT2D eigenvalue weighted by Gasteiger charge is 2.22. The number of methoxy groups -OCH3 is 4. The van der Waals surface area contributed by atoms with Crippen LogP contribution in [-0.4, -0.2) is 53.0 Å². The van der Waals surface area contributed by atoms with Crippen molar-refractivity contribution in [3.63, 3.8) is 0 Å². The molecule has 0 fully saturated rings. The van der Waals surface area contributed by atoms with Gasteiger partial charge in [0, 0.05) is 6.42 Å². The average molecular weight is 628 g/mol. The van der Waals surface area contributed by atoms with Crippen molar-refractivity contribution in [3.05, 3.63) is 61.5 Å². The molecule has 8 nitrogen and oxygen atoms in total. The van der Waals surface area contributed by atoms with E-state index in [0.717, 1.165) is 0 Å². The third-order valence-electron chi connectivity index (χ3n) is 5.17. The number of esters is 3. The van der Waals surface area contributed by atoms with Crippen LogP contribution in [0.25, 0.3) is 5.57 Å². The first-order valence-electron chi connectivity index (χ1n) is 11.0. The fraction of sp³-hybridized carbons (Fsp3) is 0.346. The summed E-state index contributed by atoms with van der Waals surface area (Å²) in [6, 6.07) is 6.92. The molecule has 0 radical (unpaired) electrons. The van der Waals surface area contributed by atoms with Gasteiger partial charge in [-0.25, -0.2) is 9.59 Å². The molecule has 0 N–H and O–H groups in total. The van der Waals surface area contributed by atoms with Crippen molar-refractivity contribution in [2.24, 2.45) is 0 Å². The van der Waals surface area contributed by atoms with Crippen molar-refractivity contribution < 1.29 is 38.1 Å². The minimum atomic E-state index is -0.567. The maximum Gasteiger partial charge on any atom is 0.341 e. The van der Waals surface area contributed by atoms with Crippen LogP contribution in [0.4, 0.5) is 0 Å². The second-order valence-electron chi connectivity index (χ2n) is 7.38. The molecule has 2 aromatic carbocycles.